The zero-order chi connectivity index (χ0) is 22.8. The molecule has 0 aromatic heterocycles. The molecule has 2 aromatic rings. The first-order valence-corrected chi connectivity index (χ1v) is 9.50. The van der Waals surface area contributed by atoms with Crippen LogP contribution < -0.4 is 24.3 Å². The second-order valence-corrected chi connectivity index (χ2v) is 6.42. The van der Waals surface area contributed by atoms with Gasteiger partial charge in [0.15, 0.2) is 18.1 Å². The number of nitrogens with one attached hydrogen (secondary N) is 1. The van der Waals surface area contributed by atoms with E-state index in [9.17, 15) is 9.59 Å². The summed E-state index contributed by atoms with van der Waals surface area (Å²) in [4.78, 5) is 24.2. The molecule has 0 heterocycles. The maximum Gasteiger partial charge on any atom is 0.331 e. The lowest BCUT2D eigenvalue weighted by atomic mass is 10.1. The van der Waals surface area contributed by atoms with E-state index in [2.05, 4.69) is 5.32 Å². The quantitative estimate of drug-likeness (QED) is 0.458. The molecule has 0 fully saturated rings. The van der Waals surface area contributed by atoms with Crippen molar-refractivity contribution >= 4 is 18.0 Å². The lowest BCUT2D eigenvalue weighted by Gasteiger charge is -2.17. The van der Waals surface area contributed by atoms with Crippen LogP contribution in [-0.4, -0.2) is 46.9 Å². The molecule has 1 atom stereocenters. The number of para-hydroxylation sites is 1. The van der Waals surface area contributed by atoms with Crippen molar-refractivity contribution in [2.45, 2.75) is 13.0 Å². The molecule has 1 unspecified atom stereocenters. The number of ether oxygens (including phenoxy) is 5. The van der Waals surface area contributed by atoms with E-state index in [1.165, 1.54) is 33.5 Å². The largest absolute Gasteiger partial charge is 0.496 e. The van der Waals surface area contributed by atoms with Crippen LogP contribution in [0.4, 0.5) is 0 Å². The number of hydrogen-bond donors (Lipinski definition) is 1. The summed E-state index contributed by atoms with van der Waals surface area (Å²) in [6.07, 6.45) is 2.72. The molecule has 8 heteroatoms. The van der Waals surface area contributed by atoms with Crippen molar-refractivity contribution in [1.29, 1.82) is 0 Å². The van der Waals surface area contributed by atoms with Crippen LogP contribution in [0.1, 0.15) is 24.1 Å². The van der Waals surface area contributed by atoms with Gasteiger partial charge < -0.3 is 29.0 Å². The van der Waals surface area contributed by atoms with Gasteiger partial charge in [-0.15, -0.1) is 0 Å². The maximum absolute atomic E-state index is 12.2. The molecular formula is C23H27NO7. The van der Waals surface area contributed by atoms with Gasteiger partial charge in [-0.05, 0) is 25.1 Å². The highest BCUT2D eigenvalue weighted by molar-refractivity contribution is 5.90. The van der Waals surface area contributed by atoms with Crippen LogP contribution in [0.2, 0.25) is 0 Å². The number of hydrogen-bond acceptors (Lipinski definition) is 7. The Morgan fingerprint density at radius 1 is 0.903 bits per heavy atom. The summed E-state index contributed by atoms with van der Waals surface area (Å²) >= 11 is 0. The zero-order valence-electron chi connectivity index (χ0n) is 18.3. The third-order valence-corrected chi connectivity index (χ3v) is 4.46. The lowest BCUT2D eigenvalue weighted by molar-refractivity contribution is -0.144. The molecule has 31 heavy (non-hydrogen) atoms. The van der Waals surface area contributed by atoms with Crippen molar-refractivity contribution in [3.05, 3.63) is 53.6 Å². The first kappa shape index (κ1) is 23.6. The van der Waals surface area contributed by atoms with E-state index in [-0.39, 0.29) is 6.04 Å². The predicted octanol–water partition coefficient (Wildman–Crippen LogP) is 3.15. The Kier molecular flexibility index (Phi) is 8.75. The number of methoxy groups -OCH3 is 4. The van der Waals surface area contributed by atoms with Crippen molar-refractivity contribution in [3.63, 3.8) is 0 Å². The molecule has 166 valence electrons. The second kappa shape index (κ2) is 11.5. The van der Waals surface area contributed by atoms with E-state index >= 15 is 0 Å². The number of rotatable bonds is 10. The highest BCUT2D eigenvalue weighted by Crippen LogP contribution is 2.35. The highest BCUT2D eigenvalue weighted by Gasteiger charge is 2.15. The van der Waals surface area contributed by atoms with E-state index < -0.39 is 18.5 Å². The van der Waals surface area contributed by atoms with Gasteiger partial charge in [-0.25, -0.2) is 4.79 Å². The lowest BCUT2D eigenvalue weighted by Crippen LogP contribution is -2.31. The van der Waals surface area contributed by atoms with Crippen LogP contribution in [0.5, 0.6) is 23.0 Å². The molecule has 0 aliphatic heterocycles. The van der Waals surface area contributed by atoms with Gasteiger partial charge in [-0.1, -0.05) is 18.2 Å². The van der Waals surface area contributed by atoms with Gasteiger partial charge in [-0.3, -0.25) is 4.79 Å². The molecule has 0 aliphatic rings. The van der Waals surface area contributed by atoms with Gasteiger partial charge in [0.1, 0.15) is 11.5 Å². The number of amides is 1. The Balaban J connectivity index is 1.95. The van der Waals surface area contributed by atoms with Crippen molar-refractivity contribution in [2.24, 2.45) is 0 Å². The fourth-order valence-corrected chi connectivity index (χ4v) is 2.91. The summed E-state index contributed by atoms with van der Waals surface area (Å²) < 4.78 is 26.1. The Morgan fingerprint density at radius 2 is 1.52 bits per heavy atom. The van der Waals surface area contributed by atoms with E-state index in [1.807, 2.05) is 31.2 Å². The summed E-state index contributed by atoms with van der Waals surface area (Å²) in [5.41, 5.74) is 1.41. The normalized spacial score (nSPS) is 11.5. The Morgan fingerprint density at radius 3 is 2.16 bits per heavy atom. The minimum absolute atomic E-state index is 0.311. The predicted molar refractivity (Wildman–Crippen MR) is 116 cm³/mol. The molecule has 0 saturated carbocycles. The standard InChI is InChI=1S/C23H27NO7/c1-15(17-8-6-7-9-18(17)27-2)24-22(25)14-31-23(26)11-10-16-12-20(29-4)21(30-5)13-19(16)28-3/h6-13,15H,14H2,1-5H3,(H,24,25)/b11-10+. The SMILES string of the molecule is COc1cc(OC)c(OC)cc1/C=C/C(=O)OCC(=O)NC(C)c1ccccc1OC. The number of benzene rings is 2. The van der Waals surface area contributed by atoms with Gasteiger partial charge in [-0.2, -0.15) is 0 Å². The number of carbonyl (C=O) groups excluding carboxylic acids is 2. The molecule has 0 aliphatic carbocycles. The van der Waals surface area contributed by atoms with Crippen LogP contribution >= 0.6 is 0 Å². The fourth-order valence-electron chi connectivity index (χ4n) is 2.91. The molecule has 1 amide bonds. The van der Waals surface area contributed by atoms with Gasteiger partial charge in [0, 0.05) is 23.3 Å². The van der Waals surface area contributed by atoms with Gasteiger partial charge >= 0.3 is 5.97 Å². The van der Waals surface area contributed by atoms with E-state index in [1.54, 1.807) is 19.2 Å². The van der Waals surface area contributed by atoms with Crippen LogP contribution in [0.15, 0.2) is 42.5 Å². The van der Waals surface area contributed by atoms with Crippen molar-refractivity contribution in [2.75, 3.05) is 35.0 Å². The molecule has 2 rings (SSSR count). The fraction of sp³-hybridized carbons (Fsp3) is 0.304. The molecule has 8 nitrogen and oxygen atoms in total. The Labute approximate surface area is 181 Å². The smallest absolute Gasteiger partial charge is 0.331 e. The van der Waals surface area contributed by atoms with Crippen molar-refractivity contribution < 1.29 is 33.3 Å². The molecule has 0 radical (unpaired) electrons. The zero-order valence-corrected chi connectivity index (χ0v) is 18.3. The van der Waals surface area contributed by atoms with Crippen LogP contribution in [0, 0.1) is 0 Å². The Hall–Kier alpha value is -3.68. The average Bonchev–Trinajstić information content (AvgIpc) is 2.80. The average molecular weight is 429 g/mol. The van der Waals surface area contributed by atoms with E-state index in [0.29, 0.717) is 28.6 Å². The monoisotopic (exact) mass is 429 g/mol. The van der Waals surface area contributed by atoms with Crippen LogP contribution in [0.25, 0.3) is 6.08 Å². The molecule has 2 aromatic carbocycles. The summed E-state index contributed by atoms with van der Waals surface area (Å²) in [6, 6.07) is 10.4. The topological polar surface area (TPSA) is 92.3 Å². The van der Waals surface area contributed by atoms with Crippen molar-refractivity contribution in [1.82, 2.24) is 5.32 Å². The van der Waals surface area contributed by atoms with Gasteiger partial charge in [0.25, 0.3) is 5.91 Å². The first-order valence-electron chi connectivity index (χ1n) is 9.50. The van der Waals surface area contributed by atoms with E-state index in [4.69, 9.17) is 23.7 Å². The minimum atomic E-state index is -0.670. The number of carbonyl (C=O) groups is 2. The molecule has 1 N–H and O–H groups in total. The van der Waals surface area contributed by atoms with Crippen LogP contribution in [-0.2, 0) is 14.3 Å². The summed E-state index contributed by atoms with van der Waals surface area (Å²) in [5, 5.41) is 2.78. The molecular weight excluding hydrogens is 402 g/mol. The molecule has 0 spiro atoms. The summed E-state index contributed by atoms with van der Waals surface area (Å²) in [7, 11) is 6.10. The van der Waals surface area contributed by atoms with Gasteiger partial charge in [0.2, 0.25) is 0 Å². The first-order chi connectivity index (χ1) is 14.9. The van der Waals surface area contributed by atoms with Crippen molar-refractivity contribution in [3.8, 4) is 23.0 Å². The van der Waals surface area contributed by atoms with Gasteiger partial charge in [0.05, 0.1) is 34.5 Å². The summed E-state index contributed by atoms with van der Waals surface area (Å²) in [6.45, 7) is 1.41. The Bertz CT molecular complexity index is 940. The molecule has 0 saturated heterocycles. The number of esters is 1. The second-order valence-electron chi connectivity index (χ2n) is 6.42. The highest BCUT2D eigenvalue weighted by atomic mass is 16.5. The third kappa shape index (κ3) is 6.40. The van der Waals surface area contributed by atoms with Crippen LogP contribution in [0.3, 0.4) is 0 Å². The maximum atomic E-state index is 12.2. The summed E-state index contributed by atoms with van der Waals surface area (Å²) in [5.74, 6) is 1.05. The molecule has 0 bridgehead atoms. The minimum Gasteiger partial charge on any atom is -0.496 e. The third-order valence-electron chi connectivity index (χ3n) is 4.46. The van der Waals surface area contributed by atoms with E-state index in [0.717, 1.165) is 5.56 Å².